The number of hydrogen-bond donors (Lipinski definition) is 1. The number of carbonyl (C=O) groups excluding carboxylic acids is 1. The highest BCUT2D eigenvalue weighted by molar-refractivity contribution is 6.04. The first kappa shape index (κ1) is 25.3. The van der Waals surface area contributed by atoms with Gasteiger partial charge in [-0.05, 0) is 68.6 Å². The molecule has 1 saturated heterocycles. The number of hydrogen-bond acceptors (Lipinski definition) is 4. The quantitative estimate of drug-likeness (QED) is 0.502. The van der Waals surface area contributed by atoms with Crippen molar-refractivity contribution in [3.63, 3.8) is 0 Å². The number of likely N-dealkylation sites (N-methyl/N-ethyl adjacent to an activating group) is 1. The molecule has 0 radical (unpaired) electrons. The molecule has 1 fully saturated rings. The third-order valence-electron chi connectivity index (χ3n) is 7.70. The Morgan fingerprint density at radius 3 is 2.34 bits per heavy atom. The van der Waals surface area contributed by atoms with Gasteiger partial charge < -0.3 is 24.4 Å². The second kappa shape index (κ2) is 10.8. The molecular weight excluding hydrogens is 436 g/mol. The topological polar surface area (TPSA) is 49.7 Å². The third kappa shape index (κ3) is 5.09. The Kier molecular flexibility index (Phi) is 7.82. The Morgan fingerprint density at radius 2 is 1.71 bits per heavy atom. The minimum atomic E-state index is 0.125. The van der Waals surface area contributed by atoms with E-state index in [4.69, 9.17) is 4.74 Å². The monoisotopic (exact) mass is 476 g/mol. The molecule has 188 valence electrons. The van der Waals surface area contributed by atoms with Crippen LogP contribution in [0.15, 0.2) is 30.3 Å². The number of anilines is 1. The van der Waals surface area contributed by atoms with Gasteiger partial charge >= 0.3 is 0 Å². The summed E-state index contributed by atoms with van der Waals surface area (Å²) >= 11 is 0. The largest absolute Gasteiger partial charge is 0.383 e. The van der Waals surface area contributed by atoms with Crippen molar-refractivity contribution >= 4 is 22.5 Å². The number of fused-ring (bicyclic) bond motifs is 1. The van der Waals surface area contributed by atoms with Gasteiger partial charge in [-0.2, -0.15) is 0 Å². The molecule has 0 bridgehead atoms. The molecule has 1 N–H and O–H groups in total. The first-order chi connectivity index (χ1) is 16.8. The van der Waals surface area contributed by atoms with Crippen LogP contribution in [0, 0.1) is 27.7 Å². The molecule has 1 aromatic heterocycles. The van der Waals surface area contributed by atoms with Crippen LogP contribution in [-0.4, -0.2) is 66.7 Å². The van der Waals surface area contributed by atoms with Gasteiger partial charge in [0.2, 0.25) is 0 Å². The van der Waals surface area contributed by atoms with Gasteiger partial charge in [0.25, 0.3) is 5.91 Å². The van der Waals surface area contributed by atoms with E-state index in [1.54, 1.807) is 7.11 Å². The van der Waals surface area contributed by atoms with E-state index in [9.17, 15) is 4.79 Å². The molecule has 0 atom stereocenters. The lowest BCUT2D eigenvalue weighted by molar-refractivity contribution is 0.0643. The van der Waals surface area contributed by atoms with Crippen LogP contribution in [0.5, 0.6) is 0 Å². The molecule has 4 rings (SSSR count). The van der Waals surface area contributed by atoms with Crippen molar-refractivity contribution in [2.45, 2.75) is 47.7 Å². The summed E-state index contributed by atoms with van der Waals surface area (Å²) in [4.78, 5) is 18.0. The number of methoxy groups -OCH3 is 1. The van der Waals surface area contributed by atoms with Gasteiger partial charge in [0.05, 0.1) is 17.8 Å². The molecule has 6 nitrogen and oxygen atoms in total. The zero-order chi connectivity index (χ0) is 25.1. The molecule has 6 heteroatoms. The molecule has 0 spiro atoms. The molecule has 0 unspecified atom stereocenters. The molecule has 0 aliphatic carbocycles. The van der Waals surface area contributed by atoms with Crippen LogP contribution in [-0.2, 0) is 17.8 Å². The predicted molar refractivity (Wildman–Crippen MR) is 145 cm³/mol. The predicted octanol–water partition coefficient (Wildman–Crippen LogP) is 4.91. The van der Waals surface area contributed by atoms with Crippen LogP contribution in [0.3, 0.4) is 0 Å². The molecule has 0 saturated carbocycles. The van der Waals surface area contributed by atoms with Gasteiger partial charge in [0.15, 0.2) is 0 Å². The minimum absolute atomic E-state index is 0.125. The molecule has 1 aliphatic heterocycles. The van der Waals surface area contributed by atoms with Gasteiger partial charge in [-0.25, -0.2) is 0 Å². The van der Waals surface area contributed by atoms with Crippen LogP contribution in [0.2, 0.25) is 0 Å². The zero-order valence-electron chi connectivity index (χ0n) is 22.2. The standard InChI is InChI=1S/C29H40N4O2/c1-7-31-11-13-32(14-12-31)29(34)24-17-25-22(4)23(5)33(15-16-35-6)28(25)27(18-24)30-19-26-20(2)9-8-10-21(26)3/h8-10,17-18,30H,7,11-16,19H2,1-6H3. The summed E-state index contributed by atoms with van der Waals surface area (Å²) in [5.41, 5.74) is 9.21. The number of amides is 1. The van der Waals surface area contributed by atoms with Crippen LogP contribution < -0.4 is 5.32 Å². The summed E-state index contributed by atoms with van der Waals surface area (Å²) in [6, 6.07) is 10.6. The molecule has 35 heavy (non-hydrogen) atoms. The molecule has 3 aromatic rings. The summed E-state index contributed by atoms with van der Waals surface area (Å²) in [5.74, 6) is 0.125. The van der Waals surface area contributed by atoms with Crippen molar-refractivity contribution in [3.05, 3.63) is 63.8 Å². The minimum Gasteiger partial charge on any atom is -0.383 e. The summed E-state index contributed by atoms with van der Waals surface area (Å²) in [6.45, 7) is 17.4. The van der Waals surface area contributed by atoms with Crippen LogP contribution in [0.25, 0.3) is 10.9 Å². The average Bonchev–Trinajstić information content (AvgIpc) is 3.11. The smallest absolute Gasteiger partial charge is 0.254 e. The molecule has 2 aromatic carbocycles. The summed E-state index contributed by atoms with van der Waals surface area (Å²) in [7, 11) is 1.74. The van der Waals surface area contributed by atoms with E-state index in [-0.39, 0.29) is 5.91 Å². The Labute approximate surface area is 209 Å². The van der Waals surface area contributed by atoms with Gasteiger partial charge in [0.1, 0.15) is 0 Å². The maximum atomic E-state index is 13.6. The molecule has 1 aliphatic rings. The number of carbonyl (C=O) groups is 1. The van der Waals surface area contributed by atoms with Gasteiger partial charge in [-0.3, -0.25) is 4.79 Å². The van der Waals surface area contributed by atoms with Crippen molar-refractivity contribution in [1.82, 2.24) is 14.4 Å². The Balaban J connectivity index is 1.75. The van der Waals surface area contributed by atoms with Crippen molar-refractivity contribution in [3.8, 4) is 0 Å². The van der Waals surface area contributed by atoms with E-state index in [1.807, 2.05) is 4.90 Å². The van der Waals surface area contributed by atoms with E-state index in [0.29, 0.717) is 13.2 Å². The summed E-state index contributed by atoms with van der Waals surface area (Å²) in [6.07, 6.45) is 0. The van der Waals surface area contributed by atoms with Crippen molar-refractivity contribution in [1.29, 1.82) is 0 Å². The number of piperazine rings is 1. The Bertz CT molecular complexity index is 1190. The number of benzene rings is 2. The number of ether oxygens (including phenoxy) is 1. The fourth-order valence-corrected chi connectivity index (χ4v) is 5.26. The Morgan fingerprint density at radius 1 is 1.03 bits per heavy atom. The normalized spacial score (nSPS) is 14.6. The van der Waals surface area contributed by atoms with E-state index in [1.165, 1.54) is 27.9 Å². The van der Waals surface area contributed by atoms with Crippen molar-refractivity contribution in [2.75, 3.05) is 51.8 Å². The maximum Gasteiger partial charge on any atom is 0.254 e. The number of nitrogens with zero attached hydrogens (tertiary/aromatic N) is 3. The first-order valence-electron chi connectivity index (χ1n) is 12.8. The van der Waals surface area contributed by atoms with Crippen LogP contribution in [0.4, 0.5) is 5.69 Å². The third-order valence-corrected chi connectivity index (χ3v) is 7.70. The van der Waals surface area contributed by atoms with E-state index in [0.717, 1.165) is 61.4 Å². The fourth-order valence-electron chi connectivity index (χ4n) is 5.26. The van der Waals surface area contributed by atoms with Crippen molar-refractivity contribution in [2.24, 2.45) is 0 Å². The number of nitrogens with one attached hydrogen (secondary N) is 1. The first-order valence-corrected chi connectivity index (χ1v) is 12.8. The lowest BCUT2D eigenvalue weighted by atomic mass is 10.0. The molecular formula is C29H40N4O2. The zero-order valence-corrected chi connectivity index (χ0v) is 22.2. The van der Waals surface area contributed by atoms with Crippen molar-refractivity contribution < 1.29 is 9.53 Å². The SMILES string of the molecule is CCN1CCN(C(=O)c2cc(NCc3c(C)cccc3C)c3c(c2)c(C)c(C)n3CCOC)CC1. The van der Waals surface area contributed by atoms with E-state index >= 15 is 0 Å². The van der Waals surface area contributed by atoms with Gasteiger partial charge in [0, 0.05) is 63.0 Å². The molecule has 2 heterocycles. The number of rotatable bonds is 8. The Hall–Kier alpha value is -2.83. The summed E-state index contributed by atoms with van der Waals surface area (Å²) < 4.78 is 7.74. The second-order valence-corrected chi connectivity index (χ2v) is 9.73. The van der Waals surface area contributed by atoms with E-state index in [2.05, 4.69) is 79.7 Å². The number of aryl methyl sites for hydroxylation is 3. The lowest BCUT2D eigenvalue weighted by Crippen LogP contribution is -2.48. The van der Waals surface area contributed by atoms with Crippen LogP contribution in [0.1, 0.15) is 45.2 Å². The van der Waals surface area contributed by atoms with E-state index < -0.39 is 0 Å². The maximum absolute atomic E-state index is 13.6. The lowest BCUT2D eigenvalue weighted by Gasteiger charge is -2.34. The molecule has 1 amide bonds. The van der Waals surface area contributed by atoms with Gasteiger partial charge in [-0.1, -0.05) is 25.1 Å². The highest BCUT2D eigenvalue weighted by Gasteiger charge is 2.24. The highest BCUT2D eigenvalue weighted by atomic mass is 16.5. The summed E-state index contributed by atoms with van der Waals surface area (Å²) in [5, 5.41) is 4.86. The average molecular weight is 477 g/mol. The van der Waals surface area contributed by atoms with Gasteiger partial charge in [-0.15, -0.1) is 0 Å². The number of aromatic nitrogens is 1. The second-order valence-electron chi connectivity index (χ2n) is 9.73. The van der Waals surface area contributed by atoms with Crippen LogP contribution >= 0.6 is 0 Å². The fraction of sp³-hybridized carbons (Fsp3) is 0.483. The highest BCUT2D eigenvalue weighted by Crippen LogP contribution is 2.34.